The molecule has 0 radical (unpaired) electrons. The molecule has 164 valence electrons. The van der Waals surface area contributed by atoms with Crippen molar-refractivity contribution in [3.8, 4) is 11.3 Å². The first-order valence-electron chi connectivity index (χ1n) is 10.9. The highest BCUT2D eigenvalue weighted by atomic mass is 16.2. The van der Waals surface area contributed by atoms with Gasteiger partial charge in [-0.1, -0.05) is 31.2 Å². The maximum Gasteiger partial charge on any atom is 0.325 e. The average molecular weight is 424 g/mol. The number of carbonyl (C=O) groups is 3. The average Bonchev–Trinajstić information content (AvgIpc) is 3.14. The molecule has 4 rings (SSSR count). The van der Waals surface area contributed by atoms with Crippen molar-refractivity contribution in [2.45, 2.75) is 58.7 Å². The Morgan fingerprint density at radius 1 is 1.16 bits per heavy atom. The van der Waals surface area contributed by atoms with Crippen LogP contribution in [0.2, 0.25) is 0 Å². The molecule has 0 unspecified atom stereocenters. The molecule has 1 N–H and O–H groups in total. The number of hydrogen-bond acceptors (Lipinski definition) is 4. The highest BCUT2D eigenvalue weighted by Crippen LogP contribution is 2.23. The van der Waals surface area contributed by atoms with Crippen LogP contribution in [0.25, 0.3) is 11.3 Å². The third kappa shape index (κ3) is 4.19. The fourth-order valence-corrected chi connectivity index (χ4v) is 4.11. The van der Waals surface area contributed by atoms with Gasteiger partial charge < -0.3 is 10.2 Å². The van der Waals surface area contributed by atoms with Crippen LogP contribution in [0.5, 0.6) is 0 Å². The summed E-state index contributed by atoms with van der Waals surface area (Å²) in [5, 5.41) is 7.39. The van der Waals surface area contributed by atoms with Crippen LogP contribution in [0.4, 0.5) is 4.79 Å². The topological polar surface area (TPSA) is 87.5 Å². The van der Waals surface area contributed by atoms with Gasteiger partial charge in [0, 0.05) is 31.6 Å². The van der Waals surface area contributed by atoms with Gasteiger partial charge in [0.1, 0.15) is 5.54 Å². The van der Waals surface area contributed by atoms with Crippen molar-refractivity contribution < 1.29 is 14.4 Å². The van der Waals surface area contributed by atoms with Gasteiger partial charge in [-0.05, 0) is 38.3 Å². The summed E-state index contributed by atoms with van der Waals surface area (Å²) in [6.45, 7) is 7.42. The summed E-state index contributed by atoms with van der Waals surface area (Å²) >= 11 is 0. The smallest absolute Gasteiger partial charge is 0.325 e. The molecule has 1 saturated heterocycles. The van der Waals surface area contributed by atoms with Gasteiger partial charge in [0.25, 0.3) is 5.91 Å². The Balaban J connectivity index is 1.42. The second-order valence-corrected chi connectivity index (χ2v) is 8.73. The normalized spacial score (nSPS) is 18.0. The first-order chi connectivity index (χ1) is 14.8. The molecule has 8 heteroatoms. The Hall–Kier alpha value is -3.16. The van der Waals surface area contributed by atoms with Crippen LogP contribution in [0.3, 0.4) is 0 Å². The molecule has 2 aliphatic heterocycles. The predicted octanol–water partition coefficient (Wildman–Crippen LogP) is 2.57. The maximum atomic E-state index is 12.9. The second-order valence-electron chi connectivity index (χ2n) is 8.73. The molecule has 4 amide bonds. The van der Waals surface area contributed by atoms with Gasteiger partial charge in [0.05, 0.1) is 17.9 Å². The highest BCUT2D eigenvalue weighted by molar-refractivity contribution is 6.06. The lowest BCUT2D eigenvalue weighted by molar-refractivity contribution is -0.133. The van der Waals surface area contributed by atoms with E-state index in [4.69, 9.17) is 5.10 Å². The Morgan fingerprint density at radius 3 is 2.55 bits per heavy atom. The number of imide groups is 1. The van der Waals surface area contributed by atoms with E-state index >= 15 is 0 Å². The second kappa shape index (κ2) is 8.17. The molecule has 8 nitrogen and oxygen atoms in total. The van der Waals surface area contributed by atoms with Crippen LogP contribution in [0.15, 0.2) is 30.3 Å². The molecule has 0 saturated carbocycles. The molecule has 0 bridgehead atoms. The number of aromatic nitrogens is 2. The van der Waals surface area contributed by atoms with Crippen molar-refractivity contribution in [1.82, 2.24) is 24.9 Å². The predicted molar refractivity (Wildman–Crippen MR) is 116 cm³/mol. The molecule has 0 atom stereocenters. The number of nitrogens with one attached hydrogen (secondary N) is 1. The molecule has 2 aromatic rings. The van der Waals surface area contributed by atoms with E-state index in [2.05, 4.69) is 36.5 Å². The van der Waals surface area contributed by atoms with E-state index in [9.17, 15) is 14.4 Å². The fourth-order valence-electron chi connectivity index (χ4n) is 4.11. The first kappa shape index (κ1) is 21.1. The van der Waals surface area contributed by atoms with Crippen LogP contribution >= 0.6 is 0 Å². The monoisotopic (exact) mass is 423 g/mol. The van der Waals surface area contributed by atoms with Crippen molar-refractivity contribution in [3.63, 3.8) is 0 Å². The number of amides is 4. The van der Waals surface area contributed by atoms with Gasteiger partial charge in [0.15, 0.2) is 0 Å². The highest BCUT2D eigenvalue weighted by Gasteiger charge is 2.44. The van der Waals surface area contributed by atoms with Crippen LogP contribution < -0.4 is 5.32 Å². The first-order valence-corrected chi connectivity index (χ1v) is 10.9. The summed E-state index contributed by atoms with van der Waals surface area (Å²) in [5.41, 5.74) is 3.35. The van der Waals surface area contributed by atoms with Gasteiger partial charge in [-0.3, -0.25) is 19.2 Å². The van der Waals surface area contributed by atoms with E-state index in [1.54, 1.807) is 18.7 Å². The molecule has 0 aliphatic carbocycles. The number of benzene rings is 1. The van der Waals surface area contributed by atoms with Crippen LogP contribution in [0, 0.1) is 0 Å². The standard InChI is InChI=1S/C23H29N5O3/c1-4-16-6-8-17(9-7-16)19-14-18-15-26(11-5-12-28(18)25-19)20(29)10-13-27-21(30)23(2,3)24-22(27)31/h6-9,14H,4-5,10-13,15H2,1-3H3,(H,24,31). The summed E-state index contributed by atoms with van der Waals surface area (Å²) in [5.74, 6) is -0.355. The Labute approximate surface area is 182 Å². The number of urea groups is 1. The lowest BCUT2D eigenvalue weighted by Crippen LogP contribution is -2.41. The zero-order valence-electron chi connectivity index (χ0n) is 18.4. The van der Waals surface area contributed by atoms with E-state index in [-0.39, 0.29) is 24.8 Å². The molecule has 31 heavy (non-hydrogen) atoms. The summed E-state index contributed by atoms with van der Waals surface area (Å²) in [4.78, 5) is 40.2. The van der Waals surface area contributed by atoms with E-state index in [0.717, 1.165) is 41.2 Å². The van der Waals surface area contributed by atoms with Gasteiger partial charge in [-0.25, -0.2) is 4.79 Å². The summed E-state index contributed by atoms with van der Waals surface area (Å²) in [7, 11) is 0. The van der Waals surface area contributed by atoms with Gasteiger partial charge in [-0.2, -0.15) is 5.10 Å². The number of aryl methyl sites for hydroxylation is 2. The van der Waals surface area contributed by atoms with E-state index in [0.29, 0.717) is 13.1 Å². The molecule has 1 fully saturated rings. The SMILES string of the molecule is CCc1ccc(-c2cc3n(n2)CCCN(C(=O)CCN2C(=O)NC(C)(C)C2=O)C3)cc1. The number of nitrogens with zero attached hydrogens (tertiary/aromatic N) is 4. The minimum Gasteiger partial charge on any atom is -0.337 e. The minimum atomic E-state index is -0.916. The van der Waals surface area contributed by atoms with Gasteiger partial charge >= 0.3 is 6.03 Å². The fraction of sp³-hybridized carbons (Fsp3) is 0.478. The van der Waals surface area contributed by atoms with E-state index < -0.39 is 11.6 Å². The minimum absolute atomic E-state index is 0.0613. The molecule has 2 aliphatic rings. The third-order valence-electron chi connectivity index (χ3n) is 6.02. The van der Waals surface area contributed by atoms with Gasteiger partial charge in [-0.15, -0.1) is 0 Å². The number of hydrogen-bond donors (Lipinski definition) is 1. The van der Waals surface area contributed by atoms with Crippen molar-refractivity contribution in [3.05, 3.63) is 41.6 Å². The number of fused-ring (bicyclic) bond motifs is 1. The Kier molecular flexibility index (Phi) is 5.56. The van der Waals surface area contributed by atoms with Crippen molar-refractivity contribution >= 4 is 17.8 Å². The summed E-state index contributed by atoms with van der Waals surface area (Å²) < 4.78 is 1.98. The van der Waals surface area contributed by atoms with E-state index in [1.165, 1.54) is 5.56 Å². The third-order valence-corrected chi connectivity index (χ3v) is 6.02. The largest absolute Gasteiger partial charge is 0.337 e. The Morgan fingerprint density at radius 2 is 1.90 bits per heavy atom. The van der Waals surface area contributed by atoms with Crippen molar-refractivity contribution in [1.29, 1.82) is 0 Å². The van der Waals surface area contributed by atoms with Crippen molar-refractivity contribution in [2.75, 3.05) is 13.1 Å². The molecular formula is C23H29N5O3. The lowest BCUT2D eigenvalue weighted by atomic mass is 10.1. The molecular weight excluding hydrogens is 394 g/mol. The van der Waals surface area contributed by atoms with Crippen molar-refractivity contribution in [2.24, 2.45) is 0 Å². The van der Waals surface area contributed by atoms with Crippen LogP contribution in [-0.4, -0.2) is 56.1 Å². The van der Waals surface area contributed by atoms with Gasteiger partial charge in [0.2, 0.25) is 5.91 Å². The van der Waals surface area contributed by atoms with Crippen LogP contribution in [-0.2, 0) is 29.1 Å². The number of carbonyl (C=O) groups excluding carboxylic acids is 3. The lowest BCUT2D eigenvalue weighted by Gasteiger charge is -2.21. The Bertz CT molecular complexity index is 1010. The molecule has 0 spiro atoms. The molecule has 1 aromatic heterocycles. The zero-order valence-corrected chi connectivity index (χ0v) is 18.4. The van der Waals surface area contributed by atoms with Crippen LogP contribution in [0.1, 0.15) is 44.9 Å². The summed E-state index contributed by atoms with van der Waals surface area (Å²) in [6, 6.07) is 10.0. The summed E-state index contributed by atoms with van der Waals surface area (Å²) in [6.07, 6.45) is 1.93. The number of rotatable bonds is 5. The quantitative estimate of drug-likeness (QED) is 0.749. The van der Waals surface area contributed by atoms with E-state index in [1.807, 2.05) is 10.7 Å². The molecule has 1 aromatic carbocycles. The zero-order chi connectivity index (χ0) is 22.2. The maximum absolute atomic E-state index is 12.9. The molecule has 3 heterocycles.